The van der Waals surface area contributed by atoms with Crippen LogP contribution in [0.1, 0.15) is 36.5 Å². The van der Waals surface area contributed by atoms with E-state index in [-0.39, 0.29) is 0 Å². The van der Waals surface area contributed by atoms with Crippen molar-refractivity contribution >= 4 is 22.1 Å². The first-order chi connectivity index (χ1) is 9.04. The molecule has 19 heavy (non-hydrogen) atoms. The molecule has 0 saturated carbocycles. The highest BCUT2D eigenvalue weighted by molar-refractivity contribution is 5.87. The van der Waals surface area contributed by atoms with Gasteiger partial charge in [0.25, 0.3) is 0 Å². The van der Waals surface area contributed by atoms with E-state index in [2.05, 4.69) is 58.0 Å². The third kappa shape index (κ3) is 2.07. The molecule has 1 heterocycles. The Morgan fingerprint density at radius 1 is 0.737 bits per heavy atom. The largest absolute Gasteiger partial charge is 0.244 e. The number of hydrogen-bond donors (Lipinski definition) is 0. The maximum Gasteiger partial charge on any atom is 0.0897 e. The van der Waals surface area contributed by atoms with Crippen LogP contribution in [-0.4, -0.2) is 9.97 Å². The molecule has 1 aromatic heterocycles. The van der Waals surface area contributed by atoms with Gasteiger partial charge in [-0.05, 0) is 60.7 Å². The Balaban J connectivity index is 2.32. The number of hydrogen-bond acceptors (Lipinski definition) is 2. The van der Waals surface area contributed by atoms with Crippen molar-refractivity contribution in [1.29, 1.82) is 0 Å². The van der Waals surface area contributed by atoms with Crippen LogP contribution in [0.3, 0.4) is 0 Å². The van der Waals surface area contributed by atoms with E-state index in [1.165, 1.54) is 16.7 Å². The molecule has 0 aliphatic heterocycles. The second kappa shape index (κ2) is 4.30. The first kappa shape index (κ1) is 12.1. The zero-order valence-corrected chi connectivity index (χ0v) is 11.9. The summed E-state index contributed by atoms with van der Waals surface area (Å²) < 4.78 is 0. The molecule has 0 bridgehead atoms. The topological polar surface area (TPSA) is 25.8 Å². The van der Waals surface area contributed by atoms with Crippen LogP contribution in [0, 0.1) is 13.8 Å². The second-order valence-corrected chi connectivity index (χ2v) is 5.55. The minimum atomic E-state index is 0.515. The lowest BCUT2D eigenvalue weighted by molar-refractivity contribution is 0.868. The van der Waals surface area contributed by atoms with Gasteiger partial charge in [-0.2, -0.15) is 0 Å². The van der Waals surface area contributed by atoms with E-state index in [0.717, 1.165) is 22.1 Å². The van der Waals surface area contributed by atoms with E-state index in [4.69, 9.17) is 9.97 Å². The van der Waals surface area contributed by atoms with Crippen molar-refractivity contribution in [2.24, 2.45) is 0 Å². The predicted octanol–water partition coefficient (Wildman–Crippen LogP) is 4.52. The summed E-state index contributed by atoms with van der Waals surface area (Å²) in [5.41, 5.74) is 7.76. The predicted molar refractivity (Wildman–Crippen MR) is 80.6 cm³/mol. The number of aryl methyl sites for hydroxylation is 2. The molecule has 3 aromatic rings. The van der Waals surface area contributed by atoms with Gasteiger partial charge >= 0.3 is 0 Å². The van der Waals surface area contributed by atoms with E-state index in [9.17, 15) is 0 Å². The molecule has 0 amide bonds. The highest BCUT2D eigenvalue weighted by Crippen LogP contribution is 2.23. The number of benzene rings is 2. The maximum atomic E-state index is 4.76. The summed E-state index contributed by atoms with van der Waals surface area (Å²) in [5.74, 6) is 0.515. The fraction of sp³-hybridized carbons (Fsp3) is 0.294. The zero-order chi connectivity index (χ0) is 13.6. The lowest BCUT2D eigenvalue weighted by Gasteiger charge is -2.08. The minimum absolute atomic E-state index is 0.515. The van der Waals surface area contributed by atoms with Crippen LogP contribution in [-0.2, 0) is 0 Å². The molecule has 2 aromatic carbocycles. The van der Waals surface area contributed by atoms with Gasteiger partial charge in [0.1, 0.15) is 0 Å². The van der Waals surface area contributed by atoms with Crippen LogP contribution >= 0.6 is 0 Å². The summed E-state index contributed by atoms with van der Waals surface area (Å²) in [6, 6.07) is 10.6. The van der Waals surface area contributed by atoms with E-state index in [1.807, 2.05) is 0 Å². The highest BCUT2D eigenvalue weighted by Gasteiger charge is 2.06. The normalized spacial score (nSPS) is 11.6. The maximum absolute atomic E-state index is 4.76. The third-order valence-electron chi connectivity index (χ3n) is 3.74. The summed E-state index contributed by atoms with van der Waals surface area (Å²) in [6.45, 7) is 8.63. The van der Waals surface area contributed by atoms with E-state index in [1.54, 1.807) is 0 Å². The molecule has 0 fully saturated rings. The van der Waals surface area contributed by atoms with E-state index >= 15 is 0 Å². The van der Waals surface area contributed by atoms with Gasteiger partial charge in [0.2, 0.25) is 0 Å². The van der Waals surface area contributed by atoms with Crippen LogP contribution in [0.4, 0.5) is 0 Å². The highest BCUT2D eigenvalue weighted by atomic mass is 14.8. The van der Waals surface area contributed by atoms with Crippen molar-refractivity contribution in [3.63, 3.8) is 0 Å². The molecule has 0 aliphatic rings. The van der Waals surface area contributed by atoms with E-state index in [0.29, 0.717) is 5.92 Å². The van der Waals surface area contributed by atoms with Crippen molar-refractivity contribution in [3.05, 3.63) is 47.0 Å². The molecule has 96 valence electrons. The standard InChI is InChI=1S/C17H18N2/c1-10(2)13-5-6-14-17(9-13)19-16-8-12(4)11(3)7-15(16)18-14/h5-10H,1-4H3. The van der Waals surface area contributed by atoms with Crippen LogP contribution < -0.4 is 0 Å². The molecule has 2 nitrogen and oxygen atoms in total. The monoisotopic (exact) mass is 250 g/mol. The molecule has 0 radical (unpaired) electrons. The molecule has 0 saturated heterocycles. The van der Waals surface area contributed by atoms with Crippen molar-refractivity contribution < 1.29 is 0 Å². The Morgan fingerprint density at radius 2 is 1.26 bits per heavy atom. The van der Waals surface area contributed by atoms with Gasteiger partial charge in [0.15, 0.2) is 0 Å². The van der Waals surface area contributed by atoms with Crippen LogP contribution in [0.25, 0.3) is 22.1 Å². The molecular formula is C17H18N2. The van der Waals surface area contributed by atoms with Gasteiger partial charge in [0.05, 0.1) is 22.1 Å². The van der Waals surface area contributed by atoms with Crippen molar-refractivity contribution in [2.45, 2.75) is 33.6 Å². The number of rotatable bonds is 1. The average molecular weight is 250 g/mol. The minimum Gasteiger partial charge on any atom is -0.244 e. The molecule has 2 heteroatoms. The van der Waals surface area contributed by atoms with Gasteiger partial charge in [0, 0.05) is 0 Å². The molecule has 0 N–H and O–H groups in total. The summed E-state index contributed by atoms with van der Waals surface area (Å²) in [4.78, 5) is 9.48. The van der Waals surface area contributed by atoms with Gasteiger partial charge in [-0.25, -0.2) is 9.97 Å². The molecule has 0 aliphatic carbocycles. The molecule has 0 spiro atoms. The molecule has 3 rings (SSSR count). The average Bonchev–Trinajstić information content (AvgIpc) is 2.37. The van der Waals surface area contributed by atoms with Gasteiger partial charge in [-0.15, -0.1) is 0 Å². The Morgan fingerprint density at radius 3 is 1.84 bits per heavy atom. The summed E-state index contributed by atoms with van der Waals surface area (Å²) in [5, 5.41) is 0. The van der Waals surface area contributed by atoms with Crippen molar-refractivity contribution in [3.8, 4) is 0 Å². The fourth-order valence-corrected chi connectivity index (χ4v) is 2.31. The van der Waals surface area contributed by atoms with Crippen molar-refractivity contribution in [2.75, 3.05) is 0 Å². The number of nitrogens with zero attached hydrogens (tertiary/aromatic N) is 2. The van der Waals surface area contributed by atoms with Gasteiger partial charge in [-0.1, -0.05) is 19.9 Å². The van der Waals surface area contributed by atoms with Gasteiger partial charge in [-0.3, -0.25) is 0 Å². The summed E-state index contributed by atoms with van der Waals surface area (Å²) in [7, 11) is 0. The van der Waals surface area contributed by atoms with Crippen molar-refractivity contribution in [1.82, 2.24) is 9.97 Å². The van der Waals surface area contributed by atoms with Gasteiger partial charge < -0.3 is 0 Å². The Kier molecular flexibility index (Phi) is 2.74. The van der Waals surface area contributed by atoms with Crippen LogP contribution in [0.5, 0.6) is 0 Å². The SMILES string of the molecule is Cc1cc2nc3ccc(C(C)C)cc3nc2cc1C. The first-order valence-corrected chi connectivity index (χ1v) is 6.73. The second-order valence-electron chi connectivity index (χ2n) is 5.55. The lowest BCUT2D eigenvalue weighted by atomic mass is 10.0. The van der Waals surface area contributed by atoms with Crippen LogP contribution in [0.2, 0.25) is 0 Å². The Labute approximate surface area is 113 Å². The van der Waals surface area contributed by atoms with Crippen LogP contribution in [0.15, 0.2) is 30.3 Å². The summed E-state index contributed by atoms with van der Waals surface area (Å²) in [6.07, 6.45) is 0. The summed E-state index contributed by atoms with van der Waals surface area (Å²) >= 11 is 0. The lowest BCUT2D eigenvalue weighted by Crippen LogP contribution is -1.93. The first-order valence-electron chi connectivity index (χ1n) is 6.73. The Hall–Kier alpha value is -1.96. The quantitative estimate of drug-likeness (QED) is 0.593. The molecule has 0 atom stereocenters. The zero-order valence-electron chi connectivity index (χ0n) is 11.9. The smallest absolute Gasteiger partial charge is 0.0897 e. The number of aromatic nitrogens is 2. The molecule has 0 unspecified atom stereocenters. The number of fused-ring (bicyclic) bond motifs is 2. The fourth-order valence-electron chi connectivity index (χ4n) is 2.31. The third-order valence-corrected chi connectivity index (χ3v) is 3.74. The molecular weight excluding hydrogens is 232 g/mol. The Bertz CT molecular complexity index is 773. The van der Waals surface area contributed by atoms with E-state index < -0.39 is 0 Å².